The van der Waals surface area contributed by atoms with Crippen LogP contribution < -0.4 is 5.32 Å². The molecule has 1 aromatic carbocycles. The van der Waals surface area contributed by atoms with Gasteiger partial charge in [-0.2, -0.15) is 0 Å². The van der Waals surface area contributed by atoms with Crippen molar-refractivity contribution in [1.29, 1.82) is 0 Å². The molecule has 1 aliphatic rings. The van der Waals surface area contributed by atoms with Crippen molar-refractivity contribution in [2.75, 3.05) is 6.61 Å². The van der Waals surface area contributed by atoms with Gasteiger partial charge in [0.2, 0.25) is 0 Å². The molecule has 2 atom stereocenters. The summed E-state index contributed by atoms with van der Waals surface area (Å²) in [6.45, 7) is 2.29. The van der Waals surface area contributed by atoms with Crippen LogP contribution in [0.3, 0.4) is 0 Å². The van der Waals surface area contributed by atoms with E-state index in [2.05, 4.69) is 17.4 Å². The van der Waals surface area contributed by atoms with Crippen LogP contribution in [-0.2, 0) is 9.53 Å². The lowest BCUT2D eigenvalue weighted by Gasteiger charge is -2.13. The highest BCUT2D eigenvalue weighted by molar-refractivity contribution is 5.76. The van der Waals surface area contributed by atoms with E-state index < -0.39 is 0 Å². The summed E-state index contributed by atoms with van der Waals surface area (Å²) < 4.78 is 5.01. The zero-order valence-corrected chi connectivity index (χ0v) is 9.48. The Morgan fingerprint density at radius 2 is 2.12 bits per heavy atom. The maximum atomic E-state index is 11.5. The summed E-state index contributed by atoms with van der Waals surface area (Å²) in [4.78, 5) is 11.5. The molecule has 3 heteroatoms. The van der Waals surface area contributed by atoms with Crippen LogP contribution in [0.5, 0.6) is 0 Å². The molecule has 3 nitrogen and oxygen atoms in total. The third kappa shape index (κ3) is 2.42. The molecule has 1 saturated heterocycles. The van der Waals surface area contributed by atoms with E-state index in [0.717, 1.165) is 12.8 Å². The number of benzene rings is 1. The number of ether oxygens (including phenoxy) is 1. The Hall–Kier alpha value is -1.35. The first-order valence-electron chi connectivity index (χ1n) is 5.79. The van der Waals surface area contributed by atoms with Crippen LogP contribution in [0.1, 0.15) is 31.4 Å². The van der Waals surface area contributed by atoms with Crippen LogP contribution in [0, 0.1) is 0 Å². The van der Waals surface area contributed by atoms with Crippen molar-refractivity contribution in [1.82, 2.24) is 5.32 Å². The molecule has 2 rings (SSSR count). The zero-order valence-electron chi connectivity index (χ0n) is 9.48. The molecule has 1 fully saturated rings. The number of carbonyl (C=O) groups is 1. The normalized spacial score (nSPS) is 24.3. The Kier molecular flexibility index (Phi) is 3.57. The highest BCUT2D eigenvalue weighted by Crippen LogP contribution is 2.26. The molecule has 0 spiro atoms. The number of hydrogen-bond donors (Lipinski definition) is 1. The van der Waals surface area contributed by atoms with Crippen molar-refractivity contribution in [3.8, 4) is 0 Å². The second kappa shape index (κ2) is 5.12. The minimum Gasteiger partial charge on any atom is -0.465 e. The van der Waals surface area contributed by atoms with E-state index in [-0.39, 0.29) is 18.1 Å². The maximum Gasteiger partial charge on any atom is 0.323 e. The van der Waals surface area contributed by atoms with Crippen LogP contribution in [0.4, 0.5) is 0 Å². The lowest BCUT2D eigenvalue weighted by atomic mass is 10.1. The fourth-order valence-corrected chi connectivity index (χ4v) is 2.12. The first-order chi connectivity index (χ1) is 7.81. The molecule has 0 saturated carbocycles. The third-order valence-corrected chi connectivity index (χ3v) is 2.92. The average molecular weight is 219 g/mol. The van der Waals surface area contributed by atoms with Crippen LogP contribution in [0.25, 0.3) is 0 Å². The summed E-state index contributed by atoms with van der Waals surface area (Å²) in [5.41, 5.74) is 1.24. The molecule has 0 amide bonds. The molecule has 16 heavy (non-hydrogen) atoms. The topological polar surface area (TPSA) is 38.3 Å². The molecular formula is C13H17NO2. The second-order valence-electron chi connectivity index (χ2n) is 4.01. The zero-order chi connectivity index (χ0) is 11.4. The summed E-state index contributed by atoms with van der Waals surface area (Å²) >= 11 is 0. The highest BCUT2D eigenvalue weighted by Gasteiger charge is 2.30. The molecular weight excluding hydrogens is 202 g/mol. The molecule has 0 aliphatic carbocycles. The largest absolute Gasteiger partial charge is 0.465 e. The molecule has 0 aromatic heterocycles. The first kappa shape index (κ1) is 11.1. The van der Waals surface area contributed by atoms with E-state index in [1.165, 1.54) is 5.56 Å². The van der Waals surface area contributed by atoms with Gasteiger partial charge in [-0.3, -0.25) is 10.1 Å². The fourth-order valence-electron chi connectivity index (χ4n) is 2.12. The van der Waals surface area contributed by atoms with E-state index >= 15 is 0 Å². The highest BCUT2D eigenvalue weighted by atomic mass is 16.5. The minimum absolute atomic E-state index is 0.124. The third-order valence-electron chi connectivity index (χ3n) is 2.92. The molecule has 1 N–H and O–H groups in total. The quantitative estimate of drug-likeness (QED) is 0.791. The number of hydrogen-bond acceptors (Lipinski definition) is 3. The van der Waals surface area contributed by atoms with E-state index in [1.807, 2.05) is 25.1 Å². The van der Waals surface area contributed by atoms with Crippen molar-refractivity contribution < 1.29 is 9.53 Å². The predicted octanol–water partition coefficient (Wildman–Crippen LogP) is 2.04. The lowest BCUT2D eigenvalue weighted by Crippen LogP contribution is -2.33. The van der Waals surface area contributed by atoms with Gasteiger partial charge in [-0.05, 0) is 25.3 Å². The fraction of sp³-hybridized carbons (Fsp3) is 0.462. The van der Waals surface area contributed by atoms with Gasteiger partial charge in [-0.15, -0.1) is 0 Å². The molecule has 0 bridgehead atoms. The van der Waals surface area contributed by atoms with Crippen molar-refractivity contribution >= 4 is 5.97 Å². The molecule has 1 heterocycles. The van der Waals surface area contributed by atoms with Gasteiger partial charge in [0.25, 0.3) is 0 Å². The predicted molar refractivity (Wildman–Crippen MR) is 62.0 cm³/mol. The Morgan fingerprint density at radius 1 is 1.38 bits per heavy atom. The van der Waals surface area contributed by atoms with Gasteiger partial charge in [0.05, 0.1) is 6.61 Å². The standard InChI is InChI=1S/C13H17NO2/c1-2-16-13(15)12-9-8-11(14-12)10-6-4-3-5-7-10/h3-7,11-12,14H,2,8-9H2,1H3/t11-,12-/m0/s1. The van der Waals surface area contributed by atoms with E-state index in [1.54, 1.807) is 0 Å². The Morgan fingerprint density at radius 3 is 2.81 bits per heavy atom. The van der Waals surface area contributed by atoms with Crippen molar-refractivity contribution in [3.05, 3.63) is 35.9 Å². The summed E-state index contributed by atoms with van der Waals surface area (Å²) in [6.07, 6.45) is 1.85. The Labute approximate surface area is 95.8 Å². The van der Waals surface area contributed by atoms with Crippen LogP contribution in [-0.4, -0.2) is 18.6 Å². The van der Waals surface area contributed by atoms with Gasteiger partial charge in [-0.25, -0.2) is 0 Å². The van der Waals surface area contributed by atoms with Crippen LogP contribution in [0.2, 0.25) is 0 Å². The van der Waals surface area contributed by atoms with Gasteiger partial charge >= 0.3 is 5.97 Å². The van der Waals surface area contributed by atoms with E-state index in [9.17, 15) is 4.79 Å². The Bertz CT molecular complexity index is 350. The lowest BCUT2D eigenvalue weighted by molar-refractivity contribution is -0.145. The number of esters is 1. The Balaban J connectivity index is 1.96. The van der Waals surface area contributed by atoms with Gasteiger partial charge in [0.1, 0.15) is 6.04 Å². The summed E-state index contributed by atoms with van der Waals surface area (Å²) in [6, 6.07) is 10.4. The van der Waals surface area contributed by atoms with Crippen molar-refractivity contribution in [3.63, 3.8) is 0 Å². The SMILES string of the molecule is CCOC(=O)[C@@H]1CC[C@@H](c2ccccc2)N1. The smallest absolute Gasteiger partial charge is 0.323 e. The molecule has 1 aromatic rings. The minimum atomic E-state index is -0.134. The summed E-state index contributed by atoms with van der Waals surface area (Å²) in [7, 11) is 0. The first-order valence-corrected chi connectivity index (χ1v) is 5.79. The average Bonchev–Trinajstić information content (AvgIpc) is 2.80. The van der Waals surface area contributed by atoms with Gasteiger partial charge in [0, 0.05) is 6.04 Å². The number of rotatable bonds is 3. The molecule has 86 valence electrons. The van der Waals surface area contributed by atoms with Gasteiger partial charge < -0.3 is 4.74 Å². The summed E-state index contributed by atoms with van der Waals surface area (Å²) in [5, 5.41) is 3.32. The van der Waals surface area contributed by atoms with E-state index in [4.69, 9.17) is 4.74 Å². The maximum absolute atomic E-state index is 11.5. The molecule has 1 aliphatic heterocycles. The number of nitrogens with one attached hydrogen (secondary N) is 1. The van der Waals surface area contributed by atoms with Gasteiger partial charge in [0.15, 0.2) is 0 Å². The van der Waals surface area contributed by atoms with Gasteiger partial charge in [-0.1, -0.05) is 30.3 Å². The summed E-state index contributed by atoms with van der Waals surface area (Å²) in [5.74, 6) is -0.124. The molecule has 0 unspecified atom stereocenters. The van der Waals surface area contributed by atoms with E-state index in [0.29, 0.717) is 6.61 Å². The monoisotopic (exact) mass is 219 g/mol. The van der Waals surface area contributed by atoms with Crippen LogP contribution in [0.15, 0.2) is 30.3 Å². The number of carbonyl (C=O) groups excluding carboxylic acids is 1. The van der Waals surface area contributed by atoms with Crippen molar-refractivity contribution in [2.45, 2.75) is 31.8 Å². The molecule has 0 radical (unpaired) electrons. The van der Waals surface area contributed by atoms with Crippen molar-refractivity contribution in [2.24, 2.45) is 0 Å². The van der Waals surface area contributed by atoms with Crippen LogP contribution >= 0.6 is 0 Å². The second-order valence-corrected chi connectivity index (χ2v) is 4.01.